The second-order valence-electron chi connectivity index (χ2n) is 6.79. The average Bonchev–Trinajstić information content (AvgIpc) is 2.59. The highest BCUT2D eigenvalue weighted by molar-refractivity contribution is 5.49. The van der Waals surface area contributed by atoms with Crippen molar-refractivity contribution in [1.82, 2.24) is 9.38 Å². The Bertz CT molecular complexity index is 488. The van der Waals surface area contributed by atoms with Gasteiger partial charge in [-0.15, -0.1) is 0 Å². The fraction of sp³-hybridized carbons (Fsp3) is 0.533. The second-order valence-corrected chi connectivity index (χ2v) is 6.79. The molecule has 0 bridgehead atoms. The van der Waals surface area contributed by atoms with Gasteiger partial charge in [0, 0.05) is 18.6 Å². The monoisotopic (exact) mass is 230 g/mol. The highest BCUT2D eigenvalue weighted by atomic mass is 15.0. The summed E-state index contributed by atoms with van der Waals surface area (Å²) < 4.78 is 2.11. The molecule has 0 amide bonds. The van der Waals surface area contributed by atoms with E-state index in [9.17, 15) is 0 Å². The maximum atomic E-state index is 4.38. The molecule has 0 saturated heterocycles. The van der Waals surface area contributed by atoms with Gasteiger partial charge in [-0.2, -0.15) is 0 Å². The van der Waals surface area contributed by atoms with E-state index in [1.165, 1.54) is 11.1 Å². The zero-order chi connectivity index (χ0) is 12.8. The first kappa shape index (κ1) is 12.2. The first-order valence-corrected chi connectivity index (χ1v) is 6.17. The molecule has 2 heterocycles. The van der Waals surface area contributed by atoms with Crippen LogP contribution in [0.2, 0.25) is 0 Å². The van der Waals surface area contributed by atoms with Crippen LogP contribution in [-0.2, 0) is 10.8 Å². The van der Waals surface area contributed by atoms with Crippen LogP contribution in [0.15, 0.2) is 24.7 Å². The Morgan fingerprint density at radius 1 is 0.941 bits per heavy atom. The Morgan fingerprint density at radius 3 is 2.06 bits per heavy atom. The van der Waals surface area contributed by atoms with Crippen molar-refractivity contribution < 1.29 is 0 Å². The number of hydrogen-bond acceptors (Lipinski definition) is 1. The molecule has 2 aromatic rings. The molecule has 0 aliphatic rings. The molecule has 0 fully saturated rings. The maximum absolute atomic E-state index is 4.38. The Morgan fingerprint density at radius 2 is 1.53 bits per heavy atom. The van der Waals surface area contributed by atoms with E-state index in [1.807, 2.05) is 12.4 Å². The van der Waals surface area contributed by atoms with Crippen molar-refractivity contribution in [2.24, 2.45) is 0 Å². The summed E-state index contributed by atoms with van der Waals surface area (Å²) >= 11 is 0. The predicted octanol–water partition coefficient (Wildman–Crippen LogP) is 3.93. The van der Waals surface area contributed by atoms with Gasteiger partial charge in [0.2, 0.25) is 0 Å². The third-order valence-electron chi connectivity index (χ3n) is 3.15. The lowest BCUT2D eigenvalue weighted by Gasteiger charge is -2.30. The summed E-state index contributed by atoms with van der Waals surface area (Å²) in [5, 5.41) is 0. The van der Waals surface area contributed by atoms with Crippen LogP contribution in [0.25, 0.3) is 5.65 Å². The molecule has 0 aliphatic carbocycles. The minimum Gasteiger partial charge on any atom is -0.307 e. The summed E-state index contributed by atoms with van der Waals surface area (Å²) in [7, 11) is 0. The number of pyridine rings is 1. The van der Waals surface area contributed by atoms with Crippen LogP contribution in [0.1, 0.15) is 52.7 Å². The van der Waals surface area contributed by atoms with E-state index in [2.05, 4.69) is 63.2 Å². The lowest BCUT2D eigenvalue weighted by atomic mass is 9.76. The molecular formula is C15H22N2. The first-order chi connectivity index (χ1) is 7.69. The summed E-state index contributed by atoms with van der Waals surface area (Å²) in [5.74, 6) is 0. The number of rotatable bonds is 0. The Hall–Kier alpha value is -1.31. The molecule has 0 saturated carbocycles. The summed E-state index contributed by atoms with van der Waals surface area (Å²) in [6.45, 7) is 13.6. The van der Waals surface area contributed by atoms with E-state index < -0.39 is 0 Å². The lowest BCUT2D eigenvalue weighted by molar-refractivity contribution is 0.527. The fourth-order valence-electron chi connectivity index (χ4n) is 2.18. The summed E-state index contributed by atoms with van der Waals surface area (Å²) in [5.41, 5.74) is 4.12. The van der Waals surface area contributed by atoms with E-state index >= 15 is 0 Å². The van der Waals surface area contributed by atoms with Crippen molar-refractivity contribution in [3.63, 3.8) is 0 Å². The van der Waals surface area contributed by atoms with Gasteiger partial charge >= 0.3 is 0 Å². The zero-order valence-electron chi connectivity index (χ0n) is 11.7. The van der Waals surface area contributed by atoms with Gasteiger partial charge in [0.25, 0.3) is 0 Å². The van der Waals surface area contributed by atoms with E-state index in [-0.39, 0.29) is 10.8 Å². The van der Waals surface area contributed by atoms with Gasteiger partial charge in [0.15, 0.2) is 0 Å². The van der Waals surface area contributed by atoms with Crippen molar-refractivity contribution in [2.75, 3.05) is 0 Å². The van der Waals surface area contributed by atoms with Crippen LogP contribution < -0.4 is 0 Å². The molecule has 17 heavy (non-hydrogen) atoms. The van der Waals surface area contributed by atoms with E-state index in [0.717, 1.165) is 5.65 Å². The van der Waals surface area contributed by atoms with Gasteiger partial charge in [-0.05, 0) is 28.0 Å². The molecule has 0 unspecified atom stereocenters. The van der Waals surface area contributed by atoms with Gasteiger partial charge in [0.05, 0.1) is 0 Å². The van der Waals surface area contributed by atoms with Gasteiger partial charge in [-0.1, -0.05) is 41.5 Å². The number of aromatic nitrogens is 2. The molecule has 0 radical (unpaired) electrons. The quantitative estimate of drug-likeness (QED) is 0.670. The molecule has 0 aromatic carbocycles. The van der Waals surface area contributed by atoms with Crippen molar-refractivity contribution >= 4 is 5.65 Å². The molecule has 92 valence electrons. The molecule has 0 spiro atoms. The van der Waals surface area contributed by atoms with Crippen molar-refractivity contribution in [3.8, 4) is 0 Å². The summed E-state index contributed by atoms with van der Waals surface area (Å²) in [4.78, 5) is 4.38. The Balaban J connectivity index is 2.78. The van der Waals surface area contributed by atoms with Gasteiger partial charge in [-0.25, -0.2) is 4.98 Å². The van der Waals surface area contributed by atoms with Crippen molar-refractivity contribution in [2.45, 2.75) is 52.4 Å². The third kappa shape index (κ3) is 2.21. The third-order valence-corrected chi connectivity index (χ3v) is 3.15. The highest BCUT2D eigenvalue weighted by Crippen LogP contribution is 2.34. The van der Waals surface area contributed by atoms with Gasteiger partial charge in [0.1, 0.15) is 5.65 Å². The maximum Gasteiger partial charge on any atom is 0.136 e. The molecule has 2 rings (SSSR count). The molecule has 2 heteroatoms. The molecular weight excluding hydrogens is 208 g/mol. The predicted molar refractivity (Wildman–Crippen MR) is 72.6 cm³/mol. The van der Waals surface area contributed by atoms with E-state index in [1.54, 1.807) is 0 Å². The molecule has 0 atom stereocenters. The van der Waals surface area contributed by atoms with Gasteiger partial charge < -0.3 is 4.40 Å². The van der Waals surface area contributed by atoms with Gasteiger partial charge in [-0.3, -0.25) is 0 Å². The SMILES string of the molecule is CC(C)(C)c1cc2nccn2cc1C(C)(C)C. The molecule has 2 nitrogen and oxygen atoms in total. The first-order valence-electron chi connectivity index (χ1n) is 6.17. The van der Waals surface area contributed by atoms with Crippen LogP contribution >= 0.6 is 0 Å². The van der Waals surface area contributed by atoms with Crippen molar-refractivity contribution in [1.29, 1.82) is 0 Å². The number of imidazole rings is 1. The van der Waals surface area contributed by atoms with Crippen molar-refractivity contribution in [3.05, 3.63) is 35.8 Å². The van der Waals surface area contributed by atoms with E-state index in [0.29, 0.717) is 0 Å². The summed E-state index contributed by atoms with van der Waals surface area (Å²) in [6, 6.07) is 2.22. The number of nitrogens with zero attached hydrogens (tertiary/aromatic N) is 2. The highest BCUT2D eigenvalue weighted by Gasteiger charge is 2.25. The van der Waals surface area contributed by atoms with Crippen LogP contribution in [0.5, 0.6) is 0 Å². The second kappa shape index (κ2) is 3.59. The Labute approximate surface area is 104 Å². The standard InChI is InChI=1S/C15H22N2/c1-14(2,3)11-9-13-16-7-8-17(13)10-12(11)15(4,5)6/h7-10H,1-6H3. The van der Waals surface area contributed by atoms with Crippen LogP contribution in [0, 0.1) is 0 Å². The molecule has 2 aromatic heterocycles. The average molecular weight is 230 g/mol. The van der Waals surface area contributed by atoms with Crippen LogP contribution in [-0.4, -0.2) is 9.38 Å². The summed E-state index contributed by atoms with van der Waals surface area (Å²) in [6.07, 6.45) is 6.09. The topological polar surface area (TPSA) is 17.3 Å². The number of fused-ring (bicyclic) bond motifs is 1. The van der Waals surface area contributed by atoms with E-state index in [4.69, 9.17) is 0 Å². The van der Waals surface area contributed by atoms with Crippen LogP contribution in [0.4, 0.5) is 0 Å². The zero-order valence-corrected chi connectivity index (χ0v) is 11.7. The molecule has 0 N–H and O–H groups in total. The minimum absolute atomic E-state index is 0.149. The Kier molecular flexibility index (Phi) is 2.57. The van der Waals surface area contributed by atoms with Crippen LogP contribution in [0.3, 0.4) is 0 Å². The lowest BCUT2D eigenvalue weighted by Crippen LogP contribution is -2.22. The smallest absolute Gasteiger partial charge is 0.136 e. The fourth-order valence-corrected chi connectivity index (χ4v) is 2.18. The largest absolute Gasteiger partial charge is 0.307 e. The normalized spacial score (nSPS) is 13.3. The molecule has 0 aliphatic heterocycles. The minimum atomic E-state index is 0.149. The number of hydrogen-bond donors (Lipinski definition) is 0.